The quantitative estimate of drug-likeness (QED) is 0.608. The van der Waals surface area contributed by atoms with Gasteiger partial charge in [-0.05, 0) is 19.4 Å². The van der Waals surface area contributed by atoms with Gasteiger partial charge < -0.3 is 4.74 Å². The standard InChI is InChI=1S/C19H17N5O4/c1-11(5-6-16(26)21-10-25)24-18-17-13(3-2-4-14(17)19(24)27)15(9-20-18)28-12-7-22-23-8-12/h2-4,7-11H,5-6H2,1H3,(H,22,23)(H,21,25,26). The van der Waals surface area contributed by atoms with Crippen LogP contribution in [0.25, 0.3) is 10.8 Å². The van der Waals surface area contributed by atoms with E-state index in [1.54, 1.807) is 35.6 Å². The molecule has 0 saturated heterocycles. The smallest absolute Gasteiger partial charge is 0.260 e. The lowest BCUT2D eigenvalue weighted by Gasteiger charge is -2.24. The summed E-state index contributed by atoms with van der Waals surface area (Å²) in [4.78, 5) is 41.0. The van der Waals surface area contributed by atoms with Crippen LogP contribution < -0.4 is 15.0 Å². The number of benzene rings is 1. The van der Waals surface area contributed by atoms with Crippen LogP contribution in [0.4, 0.5) is 5.82 Å². The maximum Gasteiger partial charge on any atom is 0.260 e. The number of amides is 3. The van der Waals surface area contributed by atoms with Gasteiger partial charge in [-0.2, -0.15) is 5.10 Å². The SMILES string of the molecule is CC(CCC(=O)NC=O)N1C(=O)c2cccc3c(Oc4cn[nH]c4)cnc1c23. The van der Waals surface area contributed by atoms with Gasteiger partial charge in [0.15, 0.2) is 11.5 Å². The number of imide groups is 1. The van der Waals surface area contributed by atoms with Gasteiger partial charge >= 0.3 is 0 Å². The number of hydrogen-bond donors (Lipinski definition) is 2. The van der Waals surface area contributed by atoms with Crippen molar-refractivity contribution in [1.29, 1.82) is 0 Å². The summed E-state index contributed by atoms with van der Waals surface area (Å²) < 4.78 is 5.83. The number of anilines is 1. The molecule has 3 heterocycles. The van der Waals surface area contributed by atoms with Crippen molar-refractivity contribution in [2.75, 3.05) is 4.90 Å². The van der Waals surface area contributed by atoms with E-state index in [1.165, 1.54) is 0 Å². The van der Waals surface area contributed by atoms with Gasteiger partial charge in [0.05, 0.1) is 24.2 Å². The van der Waals surface area contributed by atoms with Crippen molar-refractivity contribution in [3.8, 4) is 11.5 Å². The van der Waals surface area contributed by atoms with Gasteiger partial charge in [0.1, 0.15) is 5.82 Å². The van der Waals surface area contributed by atoms with Crippen molar-refractivity contribution in [1.82, 2.24) is 20.5 Å². The number of carbonyl (C=O) groups is 3. The largest absolute Gasteiger partial charge is 0.452 e. The van der Waals surface area contributed by atoms with Gasteiger partial charge in [0, 0.05) is 23.2 Å². The fourth-order valence-electron chi connectivity index (χ4n) is 3.36. The van der Waals surface area contributed by atoms with E-state index in [1.807, 2.05) is 13.0 Å². The lowest BCUT2D eigenvalue weighted by molar-refractivity contribution is -0.125. The zero-order valence-corrected chi connectivity index (χ0v) is 15.0. The summed E-state index contributed by atoms with van der Waals surface area (Å²) in [6.45, 7) is 1.85. The zero-order valence-electron chi connectivity index (χ0n) is 15.0. The summed E-state index contributed by atoms with van der Waals surface area (Å²) in [5, 5.41) is 10.1. The van der Waals surface area contributed by atoms with Crippen LogP contribution in [0.15, 0.2) is 36.8 Å². The number of nitrogens with one attached hydrogen (secondary N) is 2. The Hall–Kier alpha value is -3.75. The molecule has 1 atom stereocenters. The van der Waals surface area contributed by atoms with E-state index in [-0.39, 0.29) is 24.3 Å². The Balaban J connectivity index is 1.67. The molecule has 3 aromatic rings. The van der Waals surface area contributed by atoms with Crippen LogP contribution in [-0.2, 0) is 9.59 Å². The Morgan fingerprint density at radius 2 is 2.25 bits per heavy atom. The van der Waals surface area contributed by atoms with E-state index in [0.717, 1.165) is 10.8 Å². The molecule has 1 aliphatic heterocycles. The fraction of sp³-hybridized carbons (Fsp3) is 0.211. The molecule has 2 N–H and O–H groups in total. The molecule has 9 nitrogen and oxygen atoms in total. The first-order chi connectivity index (χ1) is 13.6. The highest BCUT2D eigenvalue weighted by atomic mass is 16.5. The minimum atomic E-state index is -0.382. The third-order valence-electron chi connectivity index (χ3n) is 4.69. The topological polar surface area (TPSA) is 117 Å². The molecule has 0 bridgehead atoms. The number of aromatic amines is 1. The third kappa shape index (κ3) is 2.96. The summed E-state index contributed by atoms with van der Waals surface area (Å²) in [5.41, 5.74) is 0.543. The summed E-state index contributed by atoms with van der Waals surface area (Å²) in [5.74, 6) is 1.05. The second kappa shape index (κ2) is 7.10. The Bertz CT molecular complexity index is 1060. The third-order valence-corrected chi connectivity index (χ3v) is 4.69. The first-order valence-electron chi connectivity index (χ1n) is 8.75. The van der Waals surface area contributed by atoms with Crippen molar-refractivity contribution in [3.05, 3.63) is 42.4 Å². The van der Waals surface area contributed by atoms with Crippen LogP contribution in [0.3, 0.4) is 0 Å². The van der Waals surface area contributed by atoms with E-state index < -0.39 is 0 Å². The normalized spacial score (nSPS) is 13.6. The molecule has 0 spiro atoms. The molecule has 1 aliphatic rings. The van der Waals surface area contributed by atoms with Gasteiger partial charge in [0.2, 0.25) is 12.3 Å². The summed E-state index contributed by atoms with van der Waals surface area (Å²) in [7, 11) is 0. The molecule has 0 radical (unpaired) electrons. The molecule has 0 fully saturated rings. The lowest BCUT2D eigenvalue weighted by Crippen LogP contribution is -2.37. The molecule has 9 heteroatoms. The van der Waals surface area contributed by atoms with Crippen LogP contribution in [0.5, 0.6) is 11.5 Å². The second-order valence-electron chi connectivity index (χ2n) is 6.46. The Kier molecular flexibility index (Phi) is 4.48. The van der Waals surface area contributed by atoms with Crippen molar-refractivity contribution >= 4 is 34.8 Å². The minimum Gasteiger partial charge on any atom is -0.452 e. The molecule has 2 aromatic heterocycles. The first-order valence-corrected chi connectivity index (χ1v) is 8.75. The average Bonchev–Trinajstić information content (AvgIpc) is 3.30. The zero-order chi connectivity index (χ0) is 19.7. The number of nitrogens with zero attached hydrogens (tertiary/aromatic N) is 3. The molecule has 0 saturated carbocycles. The molecule has 4 rings (SSSR count). The fourth-order valence-corrected chi connectivity index (χ4v) is 3.36. The van der Waals surface area contributed by atoms with Crippen molar-refractivity contribution in [2.24, 2.45) is 0 Å². The van der Waals surface area contributed by atoms with Crippen LogP contribution in [0.2, 0.25) is 0 Å². The van der Waals surface area contributed by atoms with Gasteiger partial charge in [-0.3, -0.25) is 29.7 Å². The average molecular weight is 379 g/mol. The highest BCUT2D eigenvalue weighted by Gasteiger charge is 2.35. The van der Waals surface area contributed by atoms with Crippen LogP contribution in [0.1, 0.15) is 30.1 Å². The van der Waals surface area contributed by atoms with Crippen LogP contribution >= 0.6 is 0 Å². The summed E-state index contributed by atoms with van der Waals surface area (Å²) in [6, 6.07) is 5.16. The molecule has 0 aliphatic carbocycles. The molecule has 1 aromatic carbocycles. The Morgan fingerprint density at radius 1 is 1.39 bits per heavy atom. The summed E-state index contributed by atoms with van der Waals surface area (Å²) >= 11 is 0. The second-order valence-corrected chi connectivity index (χ2v) is 6.46. The molecule has 28 heavy (non-hydrogen) atoms. The highest BCUT2D eigenvalue weighted by Crippen LogP contribution is 2.41. The molecule has 1 unspecified atom stereocenters. The van der Waals surface area contributed by atoms with Gasteiger partial charge in [-0.25, -0.2) is 4.98 Å². The summed E-state index contributed by atoms with van der Waals surface area (Å²) in [6.07, 6.45) is 5.63. The van der Waals surface area contributed by atoms with E-state index >= 15 is 0 Å². The van der Waals surface area contributed by atoms with Crippen molar-refractivity contribution in [2.45, 2.75) is 25.8 Å². The van der Waals surface area contributed by atoms with Gasteiger partial charge in [0.25, 0.3) is 5.91 Å². The monoisotopic (exact) mass is 379 g/mol. The molecular weight excluding hydrogens is 362 g/mol. The van der Waals surface area contributed by atoms with E-state index in [0.29, 0.717) is 35.7 Å². The van der Waals surface area contributed by atoms with Crippen molar-refractivity contribution in [3.63, 3.8) is 0 Å². The predicted molar refractivity (Wildman–Crippen MR) is 100 cm³/mol. The Morgan fingerprint density at radius 3 is 3.00 bits per heavy atom. The Labute approximate surface area is 159 Å². The van der Waals surface area contributed by atoms with E-state index in [9.17, 15) is 14.4 Å². The highest BCUT2D eigenvalue weighted by molar-refractivity contribution is 6.25. The maximum atomic E-state index is 13.0. The molecule has 3 amide bonds. The predicted octanol–water partition coefficient (Wildman–Crippen LogP) is 2.15. The number of carbonyl (C=O) groups excluding carboxylic acids is 3. The lowest BCUT2D eigenvalue weighted by atomic mass is 10.1. The van der Waals surface area contributed by atoms with Gasteiger partial charge in [-0.15, -0.1) is 0 Å². The number of rotatable bonds is 7. The number of aromatic nitrogens is 3. The molecule has 142 valence electrons. The maximum absolute atomic E-state index is 13.0. The number of pyridine rings is 1. The van der Waals surface area contributed by atoms with Crippen LogP contribution in [-0.4, -0.2) is 39.4 Å². The van der Waals surface area contributed by atoms with E-state index in [4.69, 9.17) is 4.74 Å². The molecular formula is C19H17N5O4. The minimum absolute atomic E-state index is 0.130. The number of hydrogen-bond acceptors (Lipinski definition) is 6. The van der Waals surface area contributed by atoms with Gasteiger partial charge in [-0.1, -0.05) is 12.1 Å². The van der Waals surface area contributed by atoms with Crippen LogP contribution in [0, 0.1) is 0 Å². The van der Waals surface area contributed by atoms with Crippen molar-refractivity contribution < 1.29 is 19.1 Å². The van der Waals surface area contributed by atoms with E-state index in [2.05, 4.69) is 20.5 Å². The number of H-pyrrole nitrogens is 1. The number of ether oxygens (including phenoxy) is 1. The first kappa shape index (κ1) is 17.7.